The number of amides is 1. The van der Waals surface area contributed by atoms with E-state index < -0.39 is 4.92 Å². The Balaban J connectivity index is 2.37. The standard InChI is InChI=1S/C14H12N2O3/c1-10(17)15-12-8-6-11(7-9-12)13-4-2-3-5-14(13)16(18)19/h2-9H,1H3,(H,15,17). The minimum atomic E-state index is -0.406. The van der Waals surface area contributed by atoms with E-state index in [1.54, 1.807) is 42.5 Å². The van der Waals surface area contributed by atoms with Crippen LogP contribution in [0.4, 0.5) is 11.4 Å². The van der Waals surface area contributed by atoms with Crippen LogP contribution in [0.15, 0.2) is 48.5 Å². The minimum absolute atomic E-state index is 0.0646. The fraction of sp³-hybridized carbons (Fsp3) is 0.0714. The summed E-state index contributed by atoms with van der Waals surface area (Å²) in [4.78, 5) is 21.5. The second-order valence-corrected chi connectivity index (χ2v) is 4.03. The fourth-order valence-electron chi connectivity index (χ4n) is 1.81. The Labute approximate surface area is 110 Å². The molecular formula is C14H12N2O3. The molecule has 0 spiro atoms. The quantitative estimate of drug-likeness (QED) is 0.677. The minimum Gasteiger partial charge on any atom is -0.326 e. The highest BCUT2D eigenvalue weighted by molar-refractivity contribution is 5.89. The Morgan fingerprint density at radius 3 is 2.32 bits per heavy atom. The number of carbonyl (C=O) groups is 1. The average molecular weight is 256 g/mol. The topological polar surface area (TPSA) is 72.2 Å². The van der Waals surface area contributed by atoms with Gasteiger partial charge in [-0.05, 0) is 23.8 Å². The van der Waals surface area contributed by atoms with Crippen molar-refractivity contribution in [2.45, 2.75) is 6.92 Å². The van der Waals surface area contributed by atoms with Crippen molar-refractivity contribution in [2.75, 3.05) is 5.32 Å². The van der Waals surface area contributed by atoms with Crippen LogP contribution in [-0.2, 0) is 4.79 Å². The third-order valence-corrected chi connectivity index (χ3v) is 2.62. The predicted molar refractivity (Wildman–Crippen MR) is 72.8 cm³/mol. The number of carbonyl (C=O) groups excluding carboxylic acids is 1. The van der Waals surface area contributed by atoms with Gasteiger partial charge in [-0.3, -0.25) is 14.9 Å². The molecule has 5 nitrogen and oxygen atoms in total. The maximum atomic E-state index is 11.0. The van der Waals surface area contributed by atoms with Gasteiger partial charge in [-0.2, -0.15) is 0 Å². The third-order valence-electron chi connectivity index (χ3n) is 2.62. The zero-order valence-corrected chi connectivity index (χ0v) is 10.3. The zero-order chi connectivity index (χ0) is 13.8. The average Bonchev–Trinajstić information content (AvgIpc) is 2.39. The van der Waals surface area contributed by atoms with Crippen LogP contribution in [0.25, 0.3) is 11.1 Å². The highest BCUT2D eigenvalue weighted by Gasteiger charge is 2.13. The van der Waals surface area contributed by atoms with E-state index in [0.29, 0.717) is 11.3 Å². The molecule has 0 unspecified atom stereocenters. The van der Waals surface area contributed by atoms with Crippen LogP contribution in [0.5, 0.6) is 0 Å². The number of benzene rings is 2. The molecule has 0 atom stereocenters. The van der Waals surface area contributed by atoms with Gasteiger partial charge in [0.15, 0.2) is 0 Å². The van der Waals surface area contributed by atoms with Crippen molar-refractivity contribution in [1.29, 1.82) is 0 Å². The molecule has 1 N–H and O–H groups in total. The summed E-state index contributed by atoms with van der Waals surface area (Å²) >= 11 is 0. The van der Waals surface area contributed by atoms with Crippen molar-refractivity contribution >= 4 is 17.3 Å². The molecule has 0 radical (unpaired) electrons. The molecule has 0 saturated heterocycles. The molecule has 2 aromatic rings. The lowest BCUT2D eigenvalue weighted by Crippen LogP contribution is -2.05. The van der Waals surface area contributed by atoms with E-state index in [9.17, 15) is 14.9 Å². The summed E-state index contributed by atoms with van der Waals surface area (Å²) in [7, 11) is 0. The second-order valence-electron chi connectivity index (χ2n) is 4.03. The molecule has 0 bridgehead atoms. The van der Waals surface area contributed by atoms with Gasteiger partial charge < -0.3 is 5.32 Å². The molecular weight excluding hydrogens is 244 g/mol. The van der Waals surface area contributed by atoms with Crippen LogP contribution in [0.2, 0.25) is 0 Å². The molecule has 0 aliphatic carbocycles. The first-order valence-electron chi connectivity index (χ1n) is 5.69. The predicted octanol–water partition coefficient (Wildman–Crippen LogP) is 3.22. The summed E-state index contributed by atoms with van der Waals surface area (Å²) in [5.41, 5.74) is 2.02. The van der Waals surface area contributed by atoms with Gasteiger partial charge in [-0.15, -0.1) is 0 Å². The molecule has 1 amide bonds. The molecule has 0 heterocycles. The molecule has 0 aromatic heterocycles. The lowest BCUT2D eigenvalue weighted by Gasteiger charge is -2.05. The Kier molecular flexibility index (Phi) is 3.56. The number of para-hydroxylation sites is 1. The monoisotopic (exact) mass is 256 g/mol. The van der Waals surface area contributed by atoms with Crippen molar-refractivity contribution in [3.63, 3.8) is 0 Å². The Bertz CT molecular complexity index is 621. The van der Waals surface area contributed by atoms with E-state index >= 15 is 0 Å². The van der Waals surface area contributed by atoms with E-state index in [1.807, 2.05) is 0 Å². The van der Waals surface area contributed by atoms with E-state index in [1.165, 1.54) is 13.0 Å². The van der Waals surface area contributed by atoms with Crippen molar-refractivity contribution in [1.82, 2.24) is 0 Å². The van der Waals surface area contributed by atoms with Crippen LogP contribution in [-0.4, -0.2) is 10.8 Å². The third kappa shape index (κ3) is 2.95. The van der Waals surface area contributed by atoms with E-state index in [2.05, 4.69) is 5.32 Å². The van der Waals surface area contributed by atoms with Gasteiger partial charge in [0.1, 0.15) is 0 Å². The number of hydrogen-bond donors (Lipinski definition) is 1. The van der Waals surface area contributed by atoms with Crippen molar-refractivity contribution < 1.29 is 9.72 Å². The Morgan fingerprint density at radius 1 is 1.11 bits per heavy atom. The number of nitro benzene ring substituents is 1. The maximum absolute atomic E-state index is 11.0. The fourth-order valence-corrected chi connectivity index (χ4v) is 1.81. The van der Waals surface area contributed by atoms with Crippen molar-refractivity contribution in [2.24, 2.45) is 0 Å². The van der Waals surface area contributed by atoms with Crippen molar-refractivity contribution in [3.05, 3.63) is 58.6 Å². The van der Waals surface area contributed by atoms with E-state index in [-0.39, 0.29) is 11.6 Å². The molecule has 0 aliphatic heterocycles. The molecule has 5 heteroatoms. The van der Waals surface area contributed by atoms with Crippen LogP contribution in [0.3, 0.4) is 0 Å². The van der Waals surface area contributed by atoms with Crippen LogP contribution < -0.4 is 5.32 Å². The lowest BCUT2D eigenvalue weighted by atomic mass is 10.0. The number of hydrogen-bond acceptors (Lipinski definition) is 3. The number of nitro groups is 1. The Morgan fingerprint density at radius 2 is 1.74 bits per heavy atom. The van der Waals surface area contributed by atoms with Gasteiger partial charge in [-0.25, -0.2) is 0 Å². The van der Waals surface area contributed by atoms with Crippen LogP contribution in [0, 0.1) is 10.1 Å². The molecule has 0 saturated carbocycles. The summed E-state index contributed by atoms with van der Waals surface area (Å²) in [5, 5.41) is 13.6. The van der Waals surface area contributed by atoms with Crippen molar-refractivity contribution in [3.8, 4) is 11.1 Å². The number of nitrogens with one attached hydrogen (secondary N) is 1. The summed E-state index contributed by atoms with van der Waals surface area (Å²) in [6.07, 6.45) is 0. The number of nitrogens with zero attached hydrogens (tertiary/aromatic N) is 1. The highest BCUT2D eigenvalue weighted by Crippen LogP contribution is 2.30. The number of anilines is 1. The van der Waals surface area contributed by atoms with Crippen LogP contribution >= 0.6 is 0 Å². The largest absolute Gasteiger partial charge is 0.326 e. The zero-order valence-electron chi connectivity index (χ0n) is 10.3. The first kappa shape index (κ1) is 12.8. The summed E-state index contributed by atoms with van der Waals surface area (Å²) in [6, 6.07) is 13.5. The first-order chi connectivity index (χ1) is 9.08. The van der Waals surface area contributed by atoms with Gasteiger partial charge in [-0.1, -0.05) is 24.3 Å². The summed E-state index contributed by atoms with van der Waals surface area (Å²) < 4.78 is 0. The normalized spacial score (nSPS) is 9.95. The first-order valence-corrected chi connectivity index (χ1v) is 5.69. The molecule has 2 rings (SSSR count). The van der Waals surface area contributed by atoms with Gasteiger partial charge in [0.05, 0.1) is 10.5 Å². The van der Waals surface area contributed by atoms with Gasteiger partial charge in [0, 0.05) is 18.7 Å². The maximum Gasteiger partial charge on any atom is 0.277 e. The molecule has 0 aliphatic rings. The van der Waals surface area contributed by atoms with Crippen LogP contribution in [0.1, 0.15) is 6.92 Å². The Hall–Kier alpha value is -2.69. The molecule has 19 heavy (non-hydrogen) atoms. The number of rotatable bonds is 3. The smallest absolute Gasteiger partial charge is 0.277 e. The molecule has 0 fully saturated rings. The molecule has 96 valence electrons. The highest BCUT2D eigenvalue weighted by atomic mass is 16.6. The summed E-state index contributed by atoms with van der Waals surface area (Å²) in [6.45, 7) is 1.43. The van der Waals surface area contributed by atoms with Gasteiger partial charge in [0.25, 0.3) is 5.69 Å². The van der Waals surface area contributed by atoms with E-state index in [0.717, 1.165) is 5.56 Å². The molecule has 2 aromatic carbocycles. The summed E-state index contributed by atoms with van der Waals surface area (Å²) in [5.74, 6) is -0.154. The lowest BCUT2D eigenvalue weighted by molar-refractivity contribution is -0.384. The van der Waals surface area contributed by atoms with Gasteiger partial charge >= 0.3 is 0 Å². The second kappa shape index (κ2) is 5.30. The van der Waals surface area contributed by atoms with E-state index in [4.69, 9.17) is 0 Å². The van der Waals surface area contributed by atoms with Gasteiger partial charge in [0.2, 0.25) is 5.91 Å². The SMILES string of the molecule is CC(=O)Nc1ccc(-c2ccccc2[N+](=O)[O-])cc1.